The molecule has 1 N–H and O–H groups in total. The van der Waals surface area contributed by atoms with Crippen LogP contribution in [-0.4, -0.2) is 82.6 Å². The van der Waals surface area contributed by atoms with E-state index in [-0.39, 0.29) is 42.0 Å². The summed E-state index contributed by atoms with van der Waals surface area (Å²) in [7, 11) is 3.44. The first-order valence-corrected chi connectivity index (χ1v) is 12.8. The molecule has 14 heteroatoms. The fraction of sp³-hybridized carbons (Fsp3) is 0.417. The molecular weight excluding hydrogens is 527 g/mol. The van der Waals surface area contributed by atoms with Crippen molar-refractivity contribution in [2.75, 3.05) is 40.4 Å². The summed E-state index contributed by atoms with van der Waals surface area (Å²) in [6, 6.07) is 5.84. The highest BCUT2D eigenvalue weighted by Gasteiger charge is 2.30. The Kier molecular flexibility index (Phi) is 9.57. The normalized spacial score (nSPS) is 12.6. The van der Waals surface area contributed by atoms with Crippen LogP contribution in [0.15, 0.2) is 35.6 Å². The van der Waals surface area contributed by atoms with Crippen LogP contribution >= 0.6 is 0 Å². The summed E-state index contributed by atoms with van der Waals surface area (Å²) in [5.41, 5.74) is 2.18. The predicted octanol–water partition coefficient (Wildman–Crippen LogP) is 2.96. The van der Waals surface area contributed by atoms with Crippen LogP contribution in [0.4, 0.5) is 18.0 Å². The number of amides is 1. The molecule has 2 heterocycles. The van der Waals surface area contributed by atoms with Gasteiger partial charge < -0.3 is 19.3 Å². The highest BCUT2D eigenvalue weighted by atomic mass is 32.2. The Morgan fingerprint density at radius 2 is 1.95 bits per heavy atom. The fourth-order valence-electron chi connectivity index (χ4n) is 3.48. The standard InChI is InChI=1S/C24H28F3N5O5S/c1-15-6-5-7-18-21(15)30-23(32(18)22(34)29-10-11-36-20(33)12-31(3)4)38(35)13-17-16(2)19(8-9-28-17)37-14-24(25,26)27/h5-9H,10-14H2,1-4H3,(H,29,34)/t38-/m1/s1. The molecule has 3 rings (SSSR count). The van der Waals surface area contributed by atoms with Gasteiger partial charge in [0, 0.05) is 22.9 Å². The van der Waals surface area contributed by atoms with Gasteiger partial charge in [-0.1, -0.05) is 12.1 Å². The van der Waals surface area contributed by atoms with Crippen LogP contribution in [0, 0.1) is 13.8 Å². The maximum atomic E-state index is 13.4. The smallest absolute Gasteiger partial charge is 0.422 e. The summed E-state index contributed by atoms with van der Waals surface area (Å²) in [6.45, 7) is 1.88. The Hall–Kier alpha value is -3.36. The molecule has 0 aliphatic heterocycles. The Balaban J connectivity index is 1.81. The number of para-hydroxylation sites is 1. The fourth-order valence-corrected chi connectivity index (χ4v) is 4.73. The molecule has 0 bridgehead atoms. The van der Waals surface area contributed by atoms with E-state index in [1.807, 2.05) is 0 Å². The minimum absolute atomic E-state index is 0.00875. The number of fused-ring (bicyclic) bond motifs is 1. The lowest BCUT2D eigenvalue weighted by Crippen LogP contribution is -2.34. The van der Waals surface area contributed by atoms with E-state index in [1.165, 1.54) is 23.8 Å². The van der Waals surface area contributed by atoms with Gasteiger partial charge in [0.2, 0.25) is 0 Å². The summed E-state index contributed by atoms with van der Waals surface area (Å²) >= 11 is -1.91. The molecule has 0 aliphatic carbocycles. The Morgan fingerprint density at radius 1 is 1.21 bits per heavy atom. The number of esters is 1. The summed E-state index contributed by atoms with van der Waals surface area (Å²) in [5.74, 6) is -0.693. The number of imidazole rings is 1. The maximum Gasteiger partial charge on any atom is 0.422 e. The van der Waals surface area contributed by atoms with Gasteiger partial charge >= 0.3 is 23.3 Å². The average molecular weight is 556 g/mol. The molecule has 10 nitrogen and oxygen atoms in total. The average Bonchev–Trinajstić information content (AvgIpc) is 3.22. The van der Waals surface area contributed by atoms with Gasteiger partial charge in [-0.3, -0.25) is 14.7 Å². The van der Waals surface area contributed by atoms with E-state index in [2.05, 4.69) is 15.3 Å². The predicted molar refractivity (Wildman–Crippen MR) is 133 cm³/mol. The largest absolute Gasteiger partial charge is 0.609 e. The third-order valence-electron chi connectivity index (χ3n) is 5.27. The Bertz CT molecular complexity index is 1300. The number of benzene rings is 1. The van der Waals surface area contributed by atoms with Crippen molar-refractivity contribution in [3.05, 3.63) is 47.3 Å². The number of carbonyl (C=O) groups is 2. The zero-order chi connectivity index (χ0) is 28.0. The first-order valence-electron chi connectivity index (χ1n) is 11.5. The van der Waals surface area contributed by atoms with E-state index in [1.54, 1.807) is 44.1 Å². The van der Waals surface area contributed by atoms with Crippen LogP contribution in [-0.2, 0) is 26.5 Å². The monoisotopic (exact) mass is 555 g/mol. The lowest BCUT2D eigenvalue weighted by Gasteiger charge is -2.15. The molecule has 0 spiro atoms. The third kappa shape index (κ3) is 7.58. The van der Waals surface area contributed by atoms with Crippen molar-refractivity contribution in [2.45, 2.75) is 30.9 Å². The second-order valence-electron chi connectivity index (χ2n) is 8.64. The van der Waals surface area contributed by atoms with Crippen molar-refractivity contribution in [3.63, 3.8) is 0 Å². The van der Waals surface area contributed by atoms with Crippen molar-refractivity contribution in [1.29, 1.82) is 0 Å². The first-order chi connectivity index (χ1) is 17.9. The molecule has 1 atom stereocenters. The number of ether oxygens (including phenoxy) is 2. The molecule has 1 amide bonds. The quantitative estimate of drug-likeness (QED) is 0.230. The topological polar surface area (TPSA) is 122 Å². The third-order valence-corrected chi connectivity index (χ3v) is 6.48. The molecule has 38 heavy (non-hydrogen) atoms. The number of pyridine rings is 1. The lowest BCUT2D eigenvalue weighted by molar-refractivity contribution is -0.153. The zero-order valence-corrected chi connectivity index (χ0v) is 22.1. The summed E-state index contributed by atoms with van der Waals surface area (Å²) < 4.78 is 62.3. The number of likely N-dealkylation sites (N-methyl/N-ethyl adjacent to an activating group) is 1. The molecule has 3 aromatic rings. The van der Waals surface area contributed by atoms with E-state index >= 15 is 0 Å². The lowest BCUT2D eigenvalue weighted by atomic mass is 10.2. The van der Waals surface area contributed by atoms with Crippen LogP contribution in [0.25, 0.3) is 11.0 Å². The maximum absolute atomic E-state index is 13.4. The van der Waals surface area contributed by atoms with Crippen molar-refractivity contribution >= 4 is 34.2 Å². The van der Waals surface area contributed by atoms with Crippen LogP contribution in [0.1, 0.15) is 16.8 Å². The number of alkyl halides is 3. The summed E-state index contributed by atoms with van der Waals surface area (Å²) in [5, 5.41) is 2.58. The van der Waals surface area contributed by atoms with E-state index in [4.69, 9.17) is 9.47 Å². The first kappa shape index (κ1) is 29.2. The van der Waals surface area contributed by atoms with Gasteiger partial charge in [0.1, 0.15) is 12.4 Å². The van der Waals surface area contributed by atoms with Crippen molar-refractivity contribution in [2.24, 2.45) is 0 Å². The van der Waals surface area contributed by atoms with Gasteiger partial charge in [-0.2, -0.15) is 18.2 Å². The Labute approximate surface area is 220 Å². The zero-order valence-electron chi connectivity index (χ0n) is 21.3. The SMILES string of the molecule is Cc1c(OCC(F)(F)F)ccnc1C[S@@+]([O-])c1nc2c(C)cccc2n1C(=O)NCCOC(=O)CN(C)C. The van der Waals surface area contributed by atoms with Gasteiger partial charge in [0.15, 0.2) is 12.4 Å². The van der Waals surface area contributed by atoms with Gasteiger partial charge in [0.25, 0.3) is 0 Å². The van der Waals surface area contributed by atoms with Crippen LogP contribution < -0.4 is 10.1 Å². The number of hydrogen-bond donors (Lipinski definition) is 1. The molecule has 2 aromatic heterocycles. The van der Waals surface area contributed by atoms with Gasteiger partial charge in [-0.15, -0.1) is 0 Å². The molecule has 0 aliphatic rings. The summed E-state index contributed by atoms with van der Waals surface area (Å²) in [6.07, 6.45) is -3.25. The Morgan fingerprint density at radius 3 is 2.63 bits per heavy atom. The van der Waals surface area contributed by atoms with Crippen LogP contribution in [0.5, 0.6) is 5.75 Å². The van der Waals surface area contributed by atoms with Crippen LogP contribution in [0.2, 0.25) is 0 Å². The van der Waals surface area contributed by atoms with Gasteiger partial charge in [-0.05, 0) is 45.6 Å². The summed E-state index contributed by atoms with van der Waals surface area (Å²) in [4.78, 5) is 35.1. The van der Waals surface area contributed by atoms with Crippen LogP contribution in [0.3, 0.4) is 0 Å². The minimum atomic E-state index is -4.51. The number of aryl methyl sites for hydroxylation is 1. The van der Waals surface area contributed by atoms with Gasteiger partial charge in [0.05, 0.1) is 29.8 Å². The van der Waals surface area contributed by atoms with E-state index in [9.17, 15) is 27.3 Å². The second-order valence-corrected chi connectivity index (χ2v) is 9.98. The highest BCUT2D eigenvalue weighted by Crippen LogP contribution is 2.28. The highest BCUT2D eigenvalue weighted by molar-refractivity contribution is 7.90. The van der Waals surface area contributed by atoms with E-state index < -0.39 is 36.0 Å². The number of nitrogens with one attached hydrogen (secondary N) is 1. The molecule has 0 saturated carbocycles. The number of halogens is 3. The molecule has 0 fully saturated rings. The second kappa shape index (κ2) is 12.5. The van der Waals surface area contributed by atoms with E-state index in [0.717, 1.165) is 5.56 Å². The molecule has 0 radical (unpaired) electrons. The minimum Gasteiger partial charge on any atom is -0.609 e. The molecule has 0 saturated heterocycles. The van der Waals surface area contributed by atoms with Crippen molar-refractivity contribution in [3.8, 4) is 5.75 Å². The molecule has 1 aromatic carbocycles. The van der Waals surface area contributed by atoms with E-state index in [0.29, 0.717) is 16.6 Å². The number of aromatic nitrogens is 3. The molecule has 0 unspecified atom stereocenters. The number of hydrogen-bond acceptors (Lipinski definition) is 8. The van der Waals surface area contributed by atoms with Gasteiger partial charge in [-0.25, -0.2) is 9.36 Å². The van der Waals surface area contributed by atoms with Crippen molar-refractivity contribution < 1.29 is 36.8 Å². The number of carbonyl (C=O) groups excluding carboxylic acids is 2. The molecule has 206 valence electrons. The van der Waals surface area contributed by atoms with Crippen molar-refractivity contribution in [1.82, 2.24) is 24.8 Å². The molecular formula is C24H28F3N5O5S. The number of nitrogens with zero attached hydrogens (tertiary/aromatic N) is 4. The number of rotatable bonds is 10.